The maximum atomic E-state index is 13.7. The SMILES string of the molecule is CC(C)(C)OC(=O)N1CCN(C(=O)C2NCCC2N2CCCCC2)C(=O)C1COCc1ccccc1. The summed E-state index contributed by atoms with van der Waals surface area (Å²) in [4.78, 5) is 45.4. The topological polar surface area (TPSA) is 91.4 Å². The van der Waals surface area contributed by atoms with Crippen LogP contribution < -0.4 is 5.32 Å². The third-order valence-corrected chi connectivity index (χ3v) is 7.09. The van der Waals surface area contributed by atoms with Crippen LogP contribution in [0.15, 0.2) is 30.3 Å². The summed E-state index contributed by atoms with van der Waals surface area (Å²) < 4.78 is 11.4. The first-order chi connectivity index (χ1) is 17.2. The molecule has 3 aliphatic rings. The summed E-state index contributed by atoms with van der Waals surface area (Å²) in [5, 5.41) is 3.34. The third kappa shape index (κ3) is 6.44. The number of likely N-dealkylation sites (tertiary alicyclic amines) is 1. The highest BCUT2D eigenvalue weighted by Crippen LogP contribution is 2.24. The highest BCUT2D eigenvalue weighted by atomic mass is 16.6. The number of rotatable bonds is 6. The molecule has 0 aliphatic carbocycles. The van der Waals surface area contributed by atoms with Crippen LogP contribution >= 0.6 is 0 Å². The molecule has 3 unspecified atom stereocenters. The molecular weight excluding hydrogens is 460 g/mol. The predicted octanol–water partition coefficient (Wildman–Crippen LogP) is 2.39. The predicted molar refractivity (Wildman–Crippen MR) is 135 cm³/mol. The quantitative estimate of drug-likeness (QED) is 0.600. The Kier molecular flexibility index (Phi) is 8.64. The van der Waals surface area contributed by atoms with Crippen LogP contribution in [0.3, 0.4) is 0 Å². The maximum Gasteiger partial charge on any atom is 0.411 e. The van der Waals surface area contributed by atoms with Gasteiger partial charge in [0.15, 0.2) is 0 Å². The lowest BCUT2D eigenvalue weighted by atomic mass is 10.0. The second kappa shape index (κ2) is 11.7. The number of piperazine rings is 1. The molecule has 3 aliphatic heterocycles. The van der Waals surface area contributed by atoms with Gasteiger partial charge >= 0.3 is 6.09 Å². The van der Waals surface area contributed by atoms with Gasteiger partial charge in [0.25, 0.3) is 5.91 Å². The largest absolute Gasteiger partial charge is 0.444 e. The highest BCUT2D eigenvalue weighted by molar-refractivity contribution is 6.02. The Balaban J connectivity index is 1.47. The van der Waals surface area contributed by atoms with Gasteiger partial charge in [-0.2, -0.15) is 0 Å². The molecule has 3 heterocycles. The van der Waals surface area contributed by atoms with Gasteiger partial charge in [-0.1, -0.05) is 36.8 Å². The van der Waals surface area contributed by atoms with E-state index in [0.29, 0.717) is 6.61 Å². The lowest BCUT2D eigenvalue weighted by Crippen LogP contribution is -2.65. The summed E-state index contributed by atoms with van der Waals surface area (Å²) in [6.45, 7) is 8.78. The molecule has 1 aromatic rings. The Morgan fingerprint density at radius 2 is 1.75 bits per heavy atom. The molecule has 3 saturated heterocycles. The van der Waals surface area contributed by atoms with E-state index >= 15 is 0 Å². The Bertz CT molecular complexity index is 912. The van der Waals surface area contributed by atoms with E-state index in [0.717, 1.165) is 44.5 Å². The summed E-state index contributed by atoms with van der Waals surface area (Å²) >= 11 is 0. The molecule has 36 heavy (non-hydrogen) atoms. The zero-order chi connectivity index (χ0) is 25.7. The smallest absolute Gasteiger partial charge is 0.411 e. The van der Waals surface area contributed by atoms with Crippen LogP contribution in [-0.4, -0.2) is 95.7 Å². The Labute approximate surface area is 214 Å². The molecule has 0 aromatic heterocycles. The molecule has 0 saturated carbocycles. The van der Waals surface area contributed by atoms with Gasteiger partial charge in [0.05, 0.1) is 13.2 Å². The number of piperidine rings is 1. The number of imide groups is 1. The minimum absolute atomic E-state index is 0.00952. The first-order valence-electron chi connectivity index (χ1n) is 13.2. The Morgan fingerprint density at radius 1 is 1.03 bits per heavy atom. The third-order valence-electron chi connectivity index (χ3n) is 7.09. The summed E-state index contributed by atoms with van der Waals surface area (Å²) in [7, 11) is 0. The fourth-order valence-electron chi connectivity index (χ4n) is 5.32. The van der Waals surface area contributed by atoms with Gasteiger partial charge < -0.3 is 14.8 Å². The van der Waals surface area contributed by atoms with E-state index in [1.807, 2.05) is 30.3 Å². The van der Waals surface area contributed by atoms with Crippen molar-refractivity contribution in [2.24, 2.45) is 0 Å². The molecule has 198 valence electrons. The second-order valence-corrected chi connectivity index (χ2v) is 10.9. The van der Waals surface area contributed by atoms with Gasteiger partial charge in [0, 0.05) is 19.1 Å². The van der Waals surface area contributed by atoms with E-state index in [4.69, 9.17) is 9.47 Å². The van der Waals surface area contributed by atoms with Crippen molar-refractivity contribution in [3.05, 3.63) is 35.9 Å². The van der Waals surface area contributed by atoms with Gasteiger partial charge in [0.1, 0.15) is 17.7 Å². The van der Waals surface area contributed by atoms with Crippen LogP contribution in [0, 0.1) is 0 Å². The number of amides is 3. The van der Waals surface area contributed by atoms with Gasteiger partial charge in [-0.05, 0) is 65.2 Å². The summed E-state index contributed by atoms with van der Waals surface area (Å²) in [6, 6.07) is 8.42. The second-order valence-electron chi connectivity index (χ2n) is 10.9. The average Bonchev–Trinajstić information content (AvgIpc) is 3.35. The van der Waals surface area contributed by atoms with Crippen molar-refractivity contribution in [2.45, 2.75) is 76.8 Å². The molecule has 0 radical (unpaired) electrons. The molecule has 3 fully saturated rings. The highest BCUT2D eigenvalue weighted by Gasteiger charge is 2.46. The van der Waals surface area contributed by atoms with Crippen LogP contribution in [0.25, 0.3) is 0 Å². The van der Waals surface area contributed by atoms with Gasteiger partial charge in [-0.3, -0.25) is 24.3 Å². The van der Waals surface area contributed by atoms with Crippen LogP contribution in [-0.2, 0) is 25.7 Å². The number of benzene rings is 1. The number of carbonyl (C=O) groups is 3. The van der Waals surface area contributed by atoms with E-state index in [1.54, 1.807) is 20.8 Å². The van der Waals surface area contributed by atoms with E-state index in [9.17, 15) is 14.4 Å². The van der Waals surface area contributed by atoms with Gasteiger partial charge in [0.2, 0.25) is 5.91 Å². The zero-order valence-electron chi connectivity index (χ0n) is 21.8. The summed E-state index contributed by atoms with van der Waals surface area (Å²) in [5.41, 5.74) is 0.273. The first-order valence-corrected chi connectivity index (χ1v) is 13.2. The lowest BCUT2D eigenvalue weighted by Gasteiger charge is -2.42. The lowest BCUT2D eigenvalue weighted by molar-refractivity contribution is -0.156. The van der Waals surface area contributed by atoms with Gasteiger partial charge in [-0.15, -0.1) is 0 Å². The van der Waals surface area contributed by atoms with E-state index in [-0.39, 0.29) is 31.6 Å². The van der Waals surface area contributed by atoms with Gasteiger partial charge in [-0.25, -0.2) is 4.79 Å². The standard InChI is InChI=1S/C27H40N4O5/c1-27(2,3)36-26(34)30-16-17-31(24(32)22(30)19-35-18-20-10-6-4-7-11-20)25(33)23-21(12-13-28-23)29-14-8-5-9-15-29/h4,6-7,10-11,21-23,28H,5,8-9,12-19H2,1-3H3. The summed E-state index contributed by atoms with van der Waals surface area (Å²) in [5.74, 6) is -0.610. The molecule has 3 amide bonds. The van der Waals surface area contributed by atoms with Crippen molar-refractivity contribution < 1.29 is 23.9 Å². The van der Waals surface area contributed by atoms with Crippen molar-refractivity contribution in [3.63, 3.8) is 0 Å². The van der Waals surface area contributed by atoms with Crippen LogP contribution in [0.5, 0.6) is 0 Å². The fraction of sp³-hybridized carbons (Fsp3) is 0.667. The Hall–Kier alpha value is -2.49. The van der Waals surface area contributed by atoms with E-state index in [2.05, 4.69) is 10.2 Å². The molecule has 4 rings (SSSR count). The average molecular weight is 501 g/mol. The Morgan fingerprint density at radius 3 is 2.44 bits per heavy atom. The molecule has 9 nitrogen and oxygen atoms in total. The van der Waals surface area contributed by atoms with Crippen LogP contribution in [0.2, 0.25) is 0 Å². The minimum Gasteiger partial charge on any atom is -0.444 e. The van der Waals surface area contributed by atoms with Crippen molar-refractivity contribution in [3.8, 4) is 0 Å². The minimum atomic E-state index is -0.920. The molecule has 3 atom stereocenters. The number of carbonyl (C=O) groups excluding carboxylic acids is 3. The number of hydrogen-bond donors (Lipinski definition) is 1. The van der Waals surface area contributed by atoms with E-state index in [1.165, 1.54) is 16.2 Å². The van der Waals surface area contributed by atoms with Crippen molar-refractivity contribution in [1.82, 2.24) is 20.0 Å². The number of nitrogens with zero attached hydrogens (tertiary/aromatic N) is 3. The molecule has 9 heteroatoms. The van der Waals surface area contributed by atoms with Crippen molar-refractivity contribution in [2.75, 3.05) is 39.3 Å². The normalized spacial score (nSPS) is 25.8. The molecule has 0 bridgehead atoms. The monoisotopic (exact) mass is 500 g/mol. The van der Waals surface area contributed by atoms with Crippen molar-refractivity contribution >= 4 is 17.9 Å². The molecule has 1 aromatic carbocycles. The first kappa shape index (κ1) is 26.6. The van der Waals surface area contributed by atoms with Crippen molar-refractivity contribution in [1.29, 1.82) is 0 Å². The van der Waals surface area contributed by atoms with Crippen LogP contribution in [0.1, 0.15) is 52.0 Å². The fourth-order valence-corrected chi connectivity index (χ4v) is 5.32. The zero-order valence-corrected chi connectivity index (χ0v) is 21.8. The van der Waals surface area contributed by atoms with E-state index < -0.39 is 29.7 Å². The number of ether oxygens (including phenoxy) is 2. The maximum absolute atomic E-state index is 13.7. The molecular formula is C27H40N4O5. The number of nitrogens with one attached hydrogen (secondary N) is 1. The molecule has 1 N–H and O–H groups in total. The van der Waals surface area contributed by atoms with Crippen LogP contribution in [0.4, 0.5) is 4.79 Å². The summed E-state index contributed by atoms with van der Waals surface area (Å²) in [6.07, 6.45) is 3.84. The number of hydrogen-bond acceptors (Lipinski definition) is 7. The molecule has 0 spiro atoms.